The van der Waals surface area contributed by atoms with Crippen LogP contribution in [-0.2, 0) is 0 Å². The molecular weight excluding hydrogens is 582 g/mol. The van der Waals surface area contributed by atoms with Crippen molar-refractivity contribution in [2.45, 2.75) is 27.7 Å². The highest BCUT2D eigenvalue weighted by Gasteiger charge is 2.20. The number of rotatable bonds is 7. The highest BCUT2D eigenvalue weighted by molar-refractivity contribution is 6.06. The fourth-order valence-corrected chi connectivity index (χ4v) is 5.70. The van der Waals surface area contributed by atoms with Crippen LogP contribution in [0.15, 0.2) is 113 Å². The molecule has 0 aliphatic rings. The Bertz CT molecular complexity index is 2250. The zero-order valence-corrected chi connectivity index (χ0v) is 26.6. The molecule has 3 heterocycles. The van der Waals surface area contributed by atoms with Crippen LogP contribution in [0.4, 0.5) is 28.8 Å². The van der Waals surface area contributed by atoms with Crippen LogP contribution in [-0.4, -0.2) is 25.1 Å². The summed E-state index contributed by atoms with van der Waals surface area (Å²) >= 11 is 0. The fourth-order valence-electron chi connectivity index (χ4n) is 5.70. The average Bonchev–Trinajstić information content (AvgIpc) is 3.46. The molecule has 0 saturated heterocycles. The summed E-state index contributed by atoms with van der Waals surface area (Å²) in [5.41, 5.74) is 18.6. The van der Waals surface area contributed by atoms with E-state index in [9.17, 15) is 0 Å². The van der Waals surface area contributed by atoms with E-state index in [-0.39, 0.29) is 5.95 Å². The van der Waals surface area contributed by atoms with Gasteiger partial charge in [-0.25, -0.2) is 9.97 Å². The summed E-state index contributed by atoms with van der Waals surface area (Å²) in [5, 5.41) is 22.9. The number of H-pyrrole nitrogens is 1. The summed E-state index contributed by atoms with van der Waals surface area (Å²) in [7, 11) is 0. The number of hydrogen-bond donors (Lipinski definition) is 3. The van der Waals surface area contributed by atoms with Gasteiger partial charge in [0.05, 0.1) is 28.5 Å². The average molecular weight is 616 g/mol. The number of aromatic nitrogens is 5. The van der Waals surface area contributed by atoms with Crippen LogP contribution in [0.5, 0.6) is 0 Å². The summed E-state index contributed by atoms with van der Waals surface area (Å²) in [6, 6.07) is 34.9. The molecule has 230 valence electrons. The number of aryl methyl sites for hydroxylation is 4. The van der Waals surface area contributed by atoms with Crippen LogP contribution < -0.4 is 11.1 Å². The number of para-hydroxylation sites is 1. The molecule has 3 aromatic heterocycles. The van der Waals surface area contributed by atoms with Crippen molar-refractivity contribution in [3.8, 4) is 33.6 Å². The second kappa shape index (κ2) is 12.3. The summed E-state index contributed by atoms with van der Waals surface area (Å²) in [6.07, 6.45) is 0. The van der Waals surface area contributed by atoms with Gasteiger partial charge in [0.15, 0.2) is 5.82 Å². The number of nitrogens with one attached hydrogen (secondary N) is 2. The number of anilines is 3. The van der Waals surface area contributed by atoms with Crippen LogP contribution in [0.3, 0.4) is 0 Å². The van der Waals surface area contributed by atoms with Gasteiger partial charge >= 0.3 is 0 Å². The van der Waals surface area contributed by atoms with Crippen LogP contribution in [0.25, 0.3) is 44.5 Å². The summed E-state index contributed by atoms with van der Waals surface area (Å²) < 4.78 is 0. The van der Waals surface area contributed by atoms with Gasteiger partial charge in [-0.3, -0.25) is 0 Å². The molecule has 0 fully saturated rings. The highest BCUT2D eigenvalue weighted by atomic mass is 15.2. The molecule has 0 radical (unpaired) electrons. The third-order valence-corrected chi connectivity index (χ3v) is 8.28. The monoisotopic (exact) mass is 615 g/mol. The van der Waals surface area contributed by atoms with Crippen molar-refractivity contribution in [1.82, 2.24) is 25.1 Å². The molecule has 0 saturated carbocycles. The largest absolute Gasteiger partial charge is 0.368 e. The molecule has 0 atom stereocenters. The minimum atomic E-state index is 0.224. The number of benzene rings is 4. The van der Waals surface area contributed by atoms with E-state index in [1.165, 1.54) is 11.1 Å². The van der Waals surface area contributed by atoms with E-state index >= 15 is 0 Å². The highest BCUT2D eigenvalue weighted by Crippen LogP contribution is 2.42. The molecule has 0 unspecified atom stereocenters. The number of hydrogen-bond acceptors (Lipinski definition) is 8. The number of azo groups is 1. The summed E-state index contributed by atoms with van der Waals surface area (Å²) in [5.74, 6) is 0.863. The zero-order valence-electron chi connectivity index (χ0n) is 26.6. The van der Waals surface area contributed by atoms with Gasteiger partial charge < -0.3 is 16.0 Å². The molecule has 0 aliphatic carbocycles. The third-order valence-electron chi connectivity index (χ3n) is 8.28. The zero-order chi connectivity index (χ0) is 32.5. The topological polar surface area (TPSA) is 130 Å². The molecule has 0 spiro atoms. The van der Waals surface area contributed by atoms with Gasteiger partial charge in [0, 0.05) is 33.3 Å². The number of fused-ring (bicyclic) bond motifs is 1. The molecule has 0 amide bonds. The normalized spacial score (nSPS) is 11.4. The maximum absolute atomic E-state index is 5.76. The fraction of sp³-hybridized carbons (Fsp3) is 0.105. The number of nitrogen functional groups attached to an aromatic ring is 1. The van der Waals surface area contributed by atoms with E-state index in [1.807, 2.05) is 50.2 Å². The second-order valence-corrected chi connectivity index (χ2v) is 11.6. The van der Waals surface area contributed by atoms with Crippen molar-refractivity contribution in [3.05, 3.63) is 126 Å². The lowest BCUT2D eigenvalue weighted by molar-refractivity contribution is 1.04. The van der Waals surface area contributed by atoms with E-state index in [1.54, 1.807) is 0 Å². The quantitative estimate of drug-likeness (QED) is 0.153. The summed E-state index contributed by atoms with van der Waals surface area (Å²) in [6.45, 7) is 7.91. The Morgan fingerprint density at radius 3 is 2.15 bits per heavy atom. The Labute approximate surface area is 272 Å². The Morgan fingerprint density at radius 2 is 1.40 bits per heavy atom. The van der Waals surface area contributed by atoms with Crippen molar-refractivity contribution in [2.24, 2.45) is 10.2 Å². The smallest absolute Gasteiger partial charge is 0.220 e. The van der Waals surface area contributed by atoms with Crippen molar-refractivity contribution in [2.75, 3.05) is 11.1 Å². The third kappa shape index (κ3) is 5.94. The molecule has 0 bridgehead atoms. The lowest BCUT2D eigenvalue weighted by Crippen LogP contribution is -2.01. The van der Waals surface area contributed by atoms with Crippen LogP contribution in [0.1, 0.15) is 22.5 Å². The molecule has 4 N–H and O–H groups in total. The predicted octanol–water partition coefficient (Wildman–Crippen LogP) is 9.72. The Hall–Kier alpha value is -6.22. The van der Waals surface area contributed by atoms with Crippen LogP contribution in [0.2, 0.25) is 0 Å². The molecule has 7 aromatic rings. The second-order valence-electron chi connectivity index (χ2n) is 11.6. The minimum absolute atomic E-state index is 0.224. The van der Waals surface area contributed by atoms with Crippen molar-refractivity contribution >= 4 is 39.7 Å². The maximum Gasteiger partial charge on any atom is 0.220 e. The predicted molar refractivity (Wildman–Crippen MR) is 189 cm³/mol. The first-order chi connectivity index (χ1) is 22.8. The Balaban J connectivity index is 1.31. The van der Waals surface area contributed by atoms with Crippen LogP contribution >= 0.6 is 0 Å². The number of aromatic amines is 1. The molecule has 0 aliphatic heterocycles. The molecule has 47 heavy (non-hydrogen) atoms. The molecule has 7 rings (SSSR count). The van der Waals surface area contributed by atoms with Gasteiger partial charge in [-0.1, -0.05) is 60.7 Å². The van der Waals surface area contributed by atoms with Gasteiger partial charge in [-0.15, -0.1) is 15.3 Å². The van der Waals surface area contributed by atoms with E-state index in [2.05, 4.69) is 111 Å². The van der Waals surface area contributed by atoms with Crippen LogP contribution in [0, 0.1) is 27.7 Å². The van der Waals surface area contributed by atoms with Crippen molar-refractivity contribution in [3.63, 3.8) is 0 Å². The first-order valence-electron chi connectivity index (χ1n) is 15.4. The van der Waals surface area contributed by atoms with E-state index < -0.39 is 0 Å². The van der Waals surface area contributed by atoms with Gasteiger partial charge in [-0.05, 0) is 86.8 Å². The lowest BCUT2D eigenvalue weighted by atomic mass is 9.97. The Kier molecular flexibility index (Phi) is 7.71. The van der Waals surface area contributed by atoms with Gasteiger partial charge in [-0.2, -0.15) is 5.11 Å². The van der Waals surface area contributed by atoms with E-state index in [0.717, 1.165) is 50.2 Å². The minimum Gasteiger partial charge on any atom is -0.368 e. The standard InChI is InChI=1S/C38H33N9/c1-22-14-15-27(20-23(22)2)33-21-31(34-30-12-8-9-13-32(30)43-36(34)26-10-6-5-7-11-26)37(47-45-33)42-28-16-18-29(19-17-28)44-46-35-24(3)40-38(39)41-25(35)4/h5-21,43H,1-4H3,(H,42,47)(H2,39,40,41). The number of nitrogens with zero attached hydrogens (tertiary/aromatic N) is 6. The molecule has 4 aromatic carbocycles. The van der Waals surface area contributed by atoms with E-state index in [4.69, 9.17) is 15.9 Å². The molecule has 9 heteroatoms. The maximum atomic E-state index is 5.76. The van der Waals surface area contributed by atoms with Gasteiger partial charge in [0.2, 0.25) is 5.95 Å². The first-order valence-corrected chi connectivity index (χ1v) is 15.4. The van der Waals surface area contributed by atoms with Gasteiger partial charge in [0.25, 0.3) is 0 Å². The van der Waals surface area contributed by atoms with E-state index in [0.29, 0.717) is 28.6 Å². The summed E-state index contributed by atoms with van der Waals surface area (Å²) in [4.78, 5) is 12.1. The first kappa shape index (κ1) is 29.5. The SMILES string of the molecule is Cc1ccc(-c2cc(-c3c(-c4ccccc4)[nH]c4ccccc34)c(Nc3ccc(N=Nc4c(C)nc(N)nc4C)cc3)nn2)cc1C. The van der Waals surface area contributed by atoms with Gasteiger partial charge in [0.1, 0.15) is 5.69 Å². The number of nitrogens with two attached hydrogens (primary N) is 1. The molecular formula is C38H33N9. The Morgan fingerprint density at radius 1 is 0.681 bits per heavy atom. The molecule has 9 nitrogen and oxygen atoms in total. The van der Waals surface area contributed by atoms with Crippen molar-refractivity contribution in [1.29, 1.82) is 0 Å². The van der Waals surface area contributed by atoms with Crippen molar-refractivity contribution < 1.29 is 0 Å². The lowest BCUT2D eigenvalue weighted by Gasteiger charge is -2.14.